The van der Waals surface area contributed by atoms with E-state index in [0.29, 0.717) is 22.7 Å². The number of aliphatic hydroxyl groups excluding tert-OH is 1. The molecule has 3 fully saturated rings. The fraction of sp³-hybridized carbons (Fsp3) is 0.793. The third kappa shape index (κ3) is 3.58. The molecule has 168 valence electrons. The van der Waals surface area contributed by atoms with Gasteiger partial charge in [0.1, 0.15) is 0 Å². The summed E-state index contributed by atoms with van der Waals surface area (Å²) in [4.78, 5) is 0. The summed E-state index contributed by atoms with van der Waals surface area (Å²) in [6, 6.07) is 0. The van der Waals surface area contributed by atoms with Crippen LogP contribution in [-0.4, -0.2) is 11.2 Å². The molecule has 0 heterocycles. The molecule has 0 aliphatic heterocycles. The van der Waals surface area contributed by atoms with Gasteiger partial charge in [0.2, 0.25) is 0 Å². The third-order valence-electron chi connectivity index (χ3n) is 10.5. The molecule has 0 amide bonds. The van der Waals surface area contributed by atoms with Crippen LogP contribution < -0.4 is 0 Å². The summed E-state index contributed by atoms with van der Waals surface area (Å²) >= 11 is 0. The summed E-state index contributed by atoms with van der Waals surface area (Å²) in [5, 5.41) is 10.2. The minimum Gasteiger partial charge on any atom is -0.393 e. The molecule has 30 heavy (non-hydrogen) atoms. The first-order chi connectivity index (χ1) is 14.2. The molecule has 0 aromatic rings. The van der Waals surface area contributed by atoms with E-state index in [2.05, 4.69) is 59.4 Å². The van der Waals surface area contributed by atoms with E-state index in [0.717, 1.165) is 42.9 Å². The lowest BCUT2D eigenvalue weighted by atomic mass is 9.47. The van der Waals surface area contributed by atoms with Crippen molar-refractivity contribution in [3.63, 3.8) is 0 Å². The van der Waals surface area contributed by atoms with Gasteiger partial charge in [-0.1, -0.05) is 63.6 Å². The molecule has 3 saturated carbocycles. The average molecular weight is 411 g/mol. The first-order valence-electron chi connectivity index (χ1n) is 12.9. The Hall–Kier alpha value is -0.820. The van der Waals surface area contributed by atoms with Gasteiger partial charge in [0.25, 0.3) is 0 Å². The van der Waals surface area contributed by atoms with E-state index in [1.165, 1.54) is 44.1 Å². The summed E-state index contributed by atoms with van der Waals surface area (Å²) in [7, 11) is 0. The van der Waals surface area contributed by atoms with Crippen molar-refractivity contribution in [3.05, 3.63) is 36.0 Å². The van der Waals surface area contributed by atoms with Gasteiger partial charge >= 0.3 is 0 Å². The number of hydrogen-bond donors (Lipinski definition) is 1. The number of allylic oxidation sites excluding steroid dienone is 4. The maximum atomic E-state index is 10.2. The Balaban J connectivity index is 1.53. The number of hydrogen-bond acceptors (Lipinski definition) is 1. The SMILES string of the molecule is C=C(C)C(/C=C/C(C)[C@H]1CC[C@H]2[C@@H]3CC=C4CC(O)CC[C@]4(C)[C@H]3CC[C@]12C)CC. The molecule has 9 atom stereocenters. The first-order valence-corrected chi connectivity index (χ1v) is 12.9. The summed E-state index contributed by atoms with van der Waals surface area (Å²) < 4.78 is 0. The van der Waals surface area contributed by atoms with E-state index in [4.69, 9.17) is 0 Å². The molecular formula is C29H46O. The second-order valence-corrected chi connectivity index (χ2v) is 12.0. The minimum atomic E-state index is -0.0932. The second-order valence-electron chi connectivity index (χ2n) is 12.0. The molecule has 4 aliphatic carbocycles. The van der Waals surface area contributed by atoms with Crippen molar-refractivity contribution < 1.29 is 5.11 Å². The predicted octanol–water partition coefficient (Wildman–Crippen LogP) is 7.72. The van der Waals surface area contributed by atoms with Gasteiger partial charge in [0.05, 0.1) is 6.10 Å². The van der Waals surface area contributed by atoms with Gasteiger partial charge < -0.3 is 5.11 Å². The molecule has 0 bridgehead atoms. The molecule has 3 unspecified atom stereocenters. The van der Waals surface area contributed by atoms with Crippen LogP contribution in [-0.2, 0) is 0 Å². The lowest BCUT2D eigenvalue weighted by Crippen LogP contribution is -2.50. The van der Waals surface area contributed by atoms with Gasteiger partial charge in [0.15, 0.2) is 0 Å². The predicted molar refractivity (Wildman–Crippen MR) is 128 cm³/mol. The van der Waals surface area contributed by atoms with Gasteiger partial charge in [-0.25, -0.2) is 0 Å². The van der Waals surface area contributed by atoms with Crippen molar-refractivity contribution in [2.45, 2.75) is 98.5 Å². The minimum absolute atomic E-state index is 0.0932. The van der Waals surface area contributed by atoms with Crippen molar-refractivity contribution in [1.82, 2.24) is 0 Å². The van der Waals surface area contributed by atoms with Crippen molar-refractivity contribution >= 4 is 0 Å². The van der Waals surface area contributed by atoms with Gasteiger partial charge in [0, 0.05) is 0 Å². The van der Waals surface area contributed by atoms with Crippen LogP contribution in [0.2, 0.25) is 0 Å². The maximum Gasteiger partial charge on any atom is 0.0577 e. The molecule has 0 aromatic carbocycles. The lowest BCUT2D eigenvalue weighted by molar-refractivity contribution is -0.0540. The largest absolute Gasteiger partial charge is 0.393 e. The standard InChI is InChI=1S/C29H46O/c1-7-21(19(2)3)9-8-20(4)25-12-13-26-24-11-10-22-18-23(30)14-16-28(22,5)27(24)15-17-29(25,26)6/h8-10,20-21,23-27,30H,2,7,11-18H2,1,3-6H3/b9-8+/t20?,21?,23?,24-,25+,26-,27-,28-,29+/m0/s1. The summed E-state index contributed by atoms with van der Waals surface area (Å²) in [6.07, 6.45) is 18.7. The highest BCUT2D eigenvalue weighted by molar-refractivity contribution is 5.25. The van der Waals surface area contributed by atoms with E-state index in [1.54, 1.807) is 5.57 Å². The monoisotopic (exact) mass is 410 g/mol. The number of aliphatic hydroxyl groups is 1. The fourth-order valence-corrected chi connectivity index (χ4v) is 8.64. The molecule has 0 saturated heterocycles. The molecular weight excluding hydrogens is 364 g/mol. The highest BCUT2D eigenvalue weighted by atomic mass is 16.3. The van der Waals surface area contributed by atoms with Crippen LogP contribution in [0.3, 0.4) is 0 Å². The van der Waals surface area contributed by atoms with E-state index < -0.39 is 0 Å². The zero-order chi connectivity index (χ0) is 21.7. The normalized spacial score (nSPS) is 45.3. The number of rotatable bonds is 5. The third-order valence-corrected chi connectivity index (χ3v) is 10.5. The Morgan fingerprint density at radius 1 is 1.17 bits per heavy atom. The Labute approximate surface area is 186 Å². The average Bonchev–Trinajstić information content (AvgIpc) is 3.06. The highest BCUT2D eigenvalue weighted by Crippen LogP contribution is 2.67. The fourth-order valence-electron chi connectivity index (χ4n) is 8.64. The first kappa shape index (κ1) is 22.4. The molecule has 4 rings (SSSR count). The van der Waals surface area contributed by atoms with Crippen LogP contribution in [0, 0.1) is 46.3 Å². The van der Waals surface area contributed by atoms with E-state index >= 15 is 0 Å². The molecule has 4 aliphatic rings. The van der Waals surface area contributed by atoms with E-state index in [-0.39, 0.29) is 6.10 Å². The Kier molecular flexibility index (Phi) is 6.17. The lowest BCUT2D eigenvalue weighted by Gasteiger charge is -2.58. The van der Waals surface area contributed by atoms with Gasteiger partial charge in [-0.05, 0) is 111 Å². The summed E-state index contributed by atoms with van der Waals surface area (Å²) in [5.74, 6) is 4.64. The van der Waals surface area contributed by atoms with Gasteiger partial charge in [-0.2, -0.15) is 0 Å². The molecule has 0 spiro atoms. The zero-order valence-electron chi connectivity index (χ0n) is 20.3. The maximum absolute atomic E-state index is 10.2. The van der Waals surface area contributed by atoms with E-state index in [9.17, 15) is 5.11 Å². The Morgan fingerprint density at radius 3 is 2.63 bits per heavy atom. The van der Waals surface area contributed by atoms with Crippen molar-refractivity contribution in [1.29, 1.82) is 0 Å². The van der Waals surface area contributed by atoms with Gasteiger partial charge in [-0.15, -0.1) is 0 Å². The zero-order valence-corrected chi connectivity index (χ0v) is 20.3. The molecule has 1 nitrogen and oxygen atoms in total. The van der Waals surface area contributed by atoms with Crippen LogP contribution in [0.25, 0.3) is 0 Å². The Bertz CT molecular complexity index is 716. The molecule has 1 heteroatoms. The van der Waals surface area contributed by atoms with Crippen LogP contribution in [0.5, 0.6) is 0 Å². The topological polar surface area (TPSA) is 20.2 Å². The Morgan fingerprint density at radius 2 is 1.93 bits per heavy atom. The summed E-state index contributed by atoms with van der Waals surface area (Å²) in [6.45, 7) is 16.3. The van der Waals surface area contributed by atoms with Crippen LogP contribution >= 0.6 is 0 Å². The van der Waals surface area contributed by atoms with Gasteiger partial charge in [-0.3, -0.25) is 0 Å². The number of fused-ring (bicyclic) bond motifs is 5. The molecule has 0 radical (unpaired) electrons. The van der Waals surface area contributed by atoms with Crippen molar-refractivity contribution in [2.75, 3.05) is 0 Å². The van der Waals surface area contributed by atoms with Crippen LogP contribution in [0.15, 0.2) is 36.0 Å². The quantitative estimate of drug-likeness (QED) is 0.460. The van der Waals surface area contributed by atoms with Crippen LogP contribution in [0.4, 0.5) is 0 Å². The molecule has 0 aromatic heterocycles. The van der Waals surface area contributed by atoms with E-state index in [1.807, 2.05) is 0 Å². The van der Waals surface area contributed by atoms with Crippen molar-refractivity contribution in [3.8, 4) is 0 Å². The summed E-state index contributed by atoms with van der Waals surface area (Å²) in [5.41, 5.74) is 3.77. The second kappa shape index (κ2) is 8.27. The van der Waals surface area contributed by atoms with Crippen LogP contribution in [0.1, 0.15) is 92.4 Å². The molecule has 1 N–H and O–H groups in total. The smallest absolute Gasteiger partial charge is 0.0577 e. The van der Waals surface area contributed by atoms with Crippen molar-refractivity contribution in [2.24, 2.45) is 46.3 Å². The highest BCUT2D eigenvalue weighted by Gasteiger charge is 2.58.